The van der Waals surface area contributed by atoms with Crippen molar-refractivity contribution in [2.75, 3.05) is 5.75 Å². The number of nitrogens with one attached hydrogen (secondary N) is 1. The van der Waals surface area contributed by atoms with Crippen LogP contribution in [-0.2, 0) is 16.1 Å². The highest BCUT2D eigenvalue weighted by Crippen LogP contribution is 2.38. The van der Waals surface area contributed by atoms with E-state index in [1.807, 2.05) is 24.3 Å². The first-order chi connectivity index (χ1) is 16.4. The van der Waals surface area contributed by atoms with E-state index in [1.165, 1.54) is 0 Å². The Morgan fingerprint density at radius 3 is 2.68 bits per heavy atom. The second kappa shape index (κ2) is 9.08. The quantitative estimate of drug-likeness (QED) is 0.423. The van der Waals surface area contributed by atoms with Crippen LogP contribution < -0.4 is 5.43 Å². The fourth-order valence-electron chi connectivity index (χ4n) is 3.85. The number of halogens is 3. The molecule has 10 heteroatoms. The van der Waals surface area contributed by atoms with E-state index in [9.17, 15) is 18.4 Å². The summed E-state index contributed by atoms with van der Waals surface area (Å²) in [5, 5.41) is 0.763. The molecule has 1 N–H and O–H groups in total. The summed E-state index contributed by atoms with van der Waals surface area (Å²) in [5.41, 5.74) is 4.77. The van der Waals surface area contributed by atoms with Gasteiger partial charge in [-0.25, -0.2) is 18.8 Å². The number of imidazole rings is 1. The predicted molar refractivity (Wildman–Crippen MR) is 127 cm³/mol. The van der Waals surface area contributed by atoms with Crippen LogP contribution in [0.3, 0.4) is 0 Å². The second-order valence-electron chi connectivity index (χ2n) is 7.65. The van der Waals surface area contributed by atoms with Crippen LogP contribution in [0.5, 0.6) is 0 Å². The monoisotopic (exact) mass is 498 g/mol. The van der Waals surface area contributed by atoms with Gasteiger partial charge in [0, 0.05) is 16.1 Å². The van der Waals surface area contributed by atoms with Gasteiger partial charge in [-0.1, -0.05) is 23.7 Å². The molecule has 1 aromatic heterocycles. The molecule has 0 aliphatic carbocycles. The van der Waals surface area contributed by atoms with Gasteiger partial charge in [0.15, 0.2) is 0 Å². The third-order valence-electron chi connectivity index (χ3n) is 5.40. The summed E-state index contributed by atoms with van der Waals surface area (Å²) in [6.07, 6.45) is 0. The highest BCUT2D eigenvalue weighted by molar-refractivity contribution is 8.00. The first-order valence-electron chi connectivity index (χ1n) is 10.3. The molecular weight excluding hydrogens is 482 g/mol. The number of hydrogen-bond donors (Lipinski definition) is 1. The summed E-state index contributed by atoms with van der Waals surface area (Å²) in [7, 11) is 0. The zero-order valence-corrected chi connectivity index (χ0v) is 19.1. The molecule has 0 spiro atoms. The number of carbonyl (C=O) groups excluding carboxylic acids is 2. The van der Waals surface area contributed by atoms with Gasteiger partial charge in [0.1, 0.15) is 29.4 Å². The topological polar surface area (TPSA) is 67.2 Å². The number of aromatic nitrogens is 2. The van der Waals surface area contributed by atoms with Crippen molar-refractivity contribution in [3.63, 3.8) is 0 Å². The fraction of sp³-hybridized carbons (Fsp3) is 0.125. The maximum absolute atomic E-state index is 14.4. The van der Waals surface area contributed by atoms with E-state index in [0.717, 1.165) is 46.1 Å². The first-order valence-corrected chi connectivity index (χ1v) is 11.7. The maximum atomic E-state index is 14.4. The molecule has 1 unspecified atom stereocenters. The lowest BCUT2D eigenvalue weighted by molar-refractivity contribution is -0.139. The minimum atomic E-state index is -0.873. The SMILES string of the molecule is O=C(Cn1c(-c2ccc(Cl)cc2)nc2ccccc21)NN1C(=O)CSC1c1cc(F)ccc1F. The van der Waals surface area contributed by atoms with E-state index >= 15 is 0 Å². The number of hydrazine groups is 1. The number of rotatable bonds is 5. The Bertz CT molecular complexity index is 1410. The maximum Gasteiger partial charge on any atom is 0.258 e. The molecule has 2 amide bonds. The molecule has 6 nitrogen and oxygen atoms in total. The smallest absolute Gasteiger partial charge is 0.258 e. The van der Waals surface area contributed by atoms with Crippen molar-refractivity contribution >= 4 is 46.2 Å². The molecule has 3 aromatic carbocycles. The highest BCUT2D eigenvalue weighted by atomic mass is 35.5. The Hall–Kier alpha value is -3.43. The molecule has 4 aromatic rings. The van der Waals surface area contributed by atoms with Crippen LogP contribution in [0.25, 0.3) is 22.4 Å². The molecule has 0 bridgehead atoms. The van der Waals surface area contributed by atoms with Crippen molar-refractivity contribution in [1.82, 2.24) is 20.0 Å². The first kappa shape index (κ1) is 22.4. The van der Waals surface area contributed by atoms with E-state index in [-0.39, 0.29) is 17.9 Å². The van der Waals surface area contributed by atoms with Gasteiger partial charge in [0.25, 0.3) is 11.8 Å². The van der Waals surface area contributed by atoms with Crippen molar-refractivity contribution in [2.24, 2.45) is 0 Å². The lowest BCUT2D eigenvalue weighted by Crippen LogP contribution is -2.46. The Labute approximate surface area is 202 Å². The van der Waals surface area contributed by atoms with Crippen molar-refractivity contribution in [3.8, 4) is 11.4 Å². The van der Waals surface area contributed by atoms with Crippen molar-refractivity contribution in [2.45, 2.75) is 11.9 Å². The lowest BCUT2D eigenvalue weighted by atomic mass is 10.2. The molecule has 34 heavy (non-hydrogen) atoms. The largest absolute Gasteiger partial charge is 0.314 e. The number of benzene rings is 3. The number of nitrogens with zero attached hydrogens (tertiary/aromatic N) is 3. The predicted octanol–water partition coefficient (Wildman–Crippen LogP) is 4.94. The van der Waals surface area contributed by atoms with Crippen LogP contribution in [0, 0.1) is 11.6 Å². The van der Waals surface area contributed by atoms with Gasteiger partial charge in [0.2, 0.25) is 0 Å². The Kier molecular flexibility index (Phi) is 5.97. The van der Waals surface area contributed by atoms with Crippen LogP contribution in [0.2, 0.25) is 5.02 Å². The summed E-state index contributed by atoms with van der Waals surface area (Å²) in [5.74, 6) is -1.59. The summed E-state index contributed by atoms with van der Waals surface area (Å²) >= 11 is 7.13. The van der Waals surface area contributed by atoms with Gasteiger partial charge < -0.3 is 4.57 Å². The Balaban J connectivity index is 1.45. The lowest BCUT2D eigenvalue weighted by Gasteiger charge is -2.25. The van der Waals surface area contributed by atoms with Gasteiger partial charge in [0.05, 0.1) is 16.8 Å². The summed E-state index contributed by atoms with van der Waals surface area (Å²) in [6, 6.07) is 17.5. The van der Waals surface area contributed by atoms with Crippen LogP contribution >= 0.6 is 23.4 Å². The molecule has 1 aliphatic heterocycles. The van der Waals surface area contributed by atoms with E-state index in [4.69, 9.17) is 11.6 Å². The average molecular weight is 499 g/mol. The summed E-state index contributed by atoms with van der Waals surface area (Å²) in [6.45, 7) is -0.148. The van der Waals surface area contributed by atoms with Crippen LogP contribution in [-0.4, -0.2) is 32.1 Å². The minimum Gasteiger partial charge on any atom is -0.314 e. The van der Waals surface area contributed by atoms with Crippen LogP contribution in [0.15, 0.2) is 66.7 Å². The van der Waals surface area contributed by atoms with Gasteiger partial charge in [-0.15, -0.1) is 11.8 Å². The zero-order valence-electron chi connectivity index (χ0n) is 17.5. The van der Waals surface area contributed by atoms with E-state index in [2.05, 4.69) is 10.4 Å². The highest BCUT2D eigenvalue weighted by Gasteiger charge is 2.36. The van der Waals surface area contributed by atoms with Crippen molar-refractivity contribution in [3.05, 3.63) is 89.0 Å². The molecule has 2 heterocycles. The van der Waals surface area contributed by atoms with Gasteiger partial charge in [-0.3, -0.25) is 15.0 Å². The third-order valence-corrected chi connectivity index (χ3v) is 6.84. The molecular formula is C24H17ClF2N4O2S. The third kappa shape index (κ3) is 4.24. The molecule has 5 rings (SSSR count). The normalized spacial score (nSPS) is 15.8. The molecule has 172 valence electrons. The van der Waals surface area contributed by atoms with Gasteiger partial charge >= 0.3 is 0 Å². The number of amides is 2. The molecule has 0 radical (unpaired) electrons. The van der Waals surface area contributed by atoms with Crippen molar-refractivity contribution in [1.29, 1.82) is 0 Å². The Morgan fingerprint density at radius 2 is 1.88 bits per heavy atom. The number of thioether (sulfide) groups is 1. The number of hydrogen-bond acceptors (Lipinski definition) is 4. The van der Waals surface area contributed by atoms with Crippen LogP contribution in [0.4, 0.5) is 8.78 Å². The fourth-order valence-corrected chi connectivity index (χ4v) is 5.09. The Morgan fingerprint density at radius 1 is 1.12 bits per heavy atom. The standard InChI is InChI=1S/C24H17ClF2N4O2S/c25-15-7-5-14(6-8-15)23-28-19-3-1-2-4-20(19)30(23)12-21(32)29-31-22(33)13-34-24(31)17-11-16(26)9-10-18(17)27/h1-11,24H,12-13H2,(H,29,32). The minimum absolute atomic E-state index is 0.00826. The zero-order chi connectivity index (χ0) is 23.8. The summed E-state index contributed by atoms with van der Waals surface area (Å²) in [4.78, 5) is 30.2. The average Bonchev–Trinajstić information content (AvgIpc) is 3.37. The van der Waals surface area contributed by atoms with E-state index in [0.29, 0.717) is 16.4 Å². The number of fused-ring (bicyclic) bond motifs is 1. The van der Waals surface area contributed by atoms with Crippen molar-refractivity contribution < 1.29 is 18.4 Å². The molecule has 1 saturated heterocycles. The van der Waals surface area contributed by atoms with Crippen LogP contribution in [0.1, 0.15) is 10.9 Å². The van der Waals surface area contributed by atoms with Gasteiger partial charge in [-0.05, 0) is 54.6 Å². The van der Waals surface area contributed by atoms with E-state index in [1.54, 1.807) is 28.8 Å². The number of carbonyl (C=O) groups is 2. The van der Waals surface area contributed by atoms with Gasteiger partial charge in [-0.2, -0.15) is 0 Å². The summed E-state index contributed by atoms with van der Waals surface area (Å²) < 4.78 is 29.8. The van der Waals surface area contributed by atoms with E-state index < -0.39 is 28.8 Å². The molecule has 0 saturated carbocycles. The number of para-hydroxylation sites is 2. The second-order valence-corrected chi connectivity index (χ2v) is 9.15. The molecule has 1 fully saturated rings. The molecule has 1 atom stereocenters. The molecule has 1 aliphatic rings.